The number of rotatable bonds is 9. The van der Waals surface area contributed by atoms with E-state index in [9.17, 15) is 29.2 Å². The number of halogens is 1. The number of piperazine rings is 1. The van der Waals surface area contributed by atoms with E-state index in [1.54, 1.807) is 18.2 Å². The number of piperidine rings is 2. The third kappa shape index (κ3) is 8.52. The Balaban J connectivity index is 0.812. The van der Waals surface area contributed by atoms with Crippen LogP contribution in [0.1, 0.15) is 75.2 Å². The molecule has 4 amide bonds. The van der Waals surface area contributed by atoms with Crippen LogP contribution in [-0.2, 0) is 9.59 Å². The first-order valence-corrected chi connectivity index (χ1v) is 21.2. The van der Waals surface area contributed by atoms with Gasteiger partial charge in [0, 0.05) is 114 Å². The second kappa shape index (κ2) is 17.0. The highest BCUT2D eigenvalue weighted by molar-refractivity contribution is 6.32. The molecule has 1 spiro atoms. The van der Waals surface area contributed by atoms with Crippen molar-refractivity contribution in [3.05, 3.63) is 87.9 Å². The topological polar surface area (TPSA) is 141 Å². The number of aldehydes is 1. The van der Waals surface area contributed by atoms with Gasteiger partial charge in [0.05, 0.1) is 16.1 Å². The lowest BCUT2D eigenvalue weighted by molar-refractivity contribution is -0.136. The molecule has 5 fully saturated rings. The molecule has 5 aliphatic rings. The fraction of sp³-hybridized carbons (Fsp3) is 0.467. The van der Waals surface area contributed by atoms with Gasteiger partial charge in [-0.05, 0) is 98.0 Å². The Labute approximate surface area is 350 Å². The van der Waals surface area contributed by atoms with Gasteiger partial charge < -0.3 is 24.5 Å². The second-order valence-electron chi connectivity index (χ2n) is 17.0. The molecule has 0 bridgehead atoms. The summed E-state index contributed by atoms with van der Waals surface area (Å²) in [5, 5.41) is 12.0. The molecule has 0 saturated carbocycles. The number of carbonyl (C=O) groups excluding carboxylic acids is 5. The van der Waals surface area contributed by atoms with E-state index >= 15 is 0 Å². The average molecular weight is 819 g/mol. The van der Waals surface area contributed by atoms with Crippen molar-refractivity contribution in [3.63, 3.8) is 0 Å². The van der Waals surface area contributed by atoms with E-state index in [4.69, 9.17) is 11.6 Å². The predicted molar refractivity (Wildman–Crippen MR) is 226 cm³/mol. The highest BCUT2D eigenvalue weighted by Crippen LogP contribution is 2.43. The third-order valence-electron chi connectivity index (χ3n) is 13.4. The summed E-state index contributed by atoms with van der Waals surface area (Å²) in [4.78, 5) is 76.2. The van der Waals surface area contributed by atoms with E-state index in [1.807, 2.05) is 35.2 Å². The van der Waals surface area contributed by atoms with Gasteiger partial charge in [-0.15, -0.1) is 0 Å². The number of nitriles is 1. The van der Waals surface area contributed by atoms with E-state index in [0.29, 0.717) is 35.9 Å². The van der Waals surface area contributed by atoms with Crippen molar-refractivity contribution in [1.29, 1.82) is 5.26 Å². The number of benzene rings is 3. The lowest BCUT2D eigenvalue weighted by atomic mass is 9.77. The highest BCUT2D eigenvalue weighted by atomic mass is 35.5. The van der Waals surface area contributed by atoms with Crippen LogP contribution in [0.5, 0.6) is 0 Å². The van der Waals surface area contributed by atoms with Crippen LogP contribution < -0.4 is 20.0 Å². The van der Waals surface area contributed by atoms with Crippen molar-refractivity contribution in [2.75, 3.05) is 93.7 Å². The van der Waals surface area contributed by atoms with Crippen LogP contribution in [0.25, 0.3) is 0 Å². The highest BCUT2D eigenvalue weighted by Gasteiger charge is 2.41. The number of carbonyl (C=O) groups is 5. The standard InChI is InChI=1S/C45H51ClN8O5/c1-49(40-9-10-41(56)48-42(40)57)44(59)38-24-36(8-6-34(38)29-55)53-15-11-31(28-53)27-50-19-21-52(22-20-50)43(58)32-3-2-4-35(23-32)54-18-14-45(30-54)12-16-51(17-13-45)37-7-5-33(26-47)39(46)25-37/h2-8,23-25,29,31,40H,9-22,27-28,30H2,1H3,(H,48,56,57). The van der Waals surface area contributed by atoms with Gasteiger partial charge in [-0.25, -0.2) is 0 Å². The largest absolute Gasteiger partial charge is 0.371 e. The van der Waals surface area contributed by atoms with Crippen molar-refractivity contribution in [3.8, 4) is 6.07 Å². The van der Waals surface area contributed by atoms with Crippen LogP contribution in [0, 0.1) is 22.7 Å². The maximum absolute atomic E-state index is 13.8. The molecule has 5 heterocycles. The van der Waals surface area contributed by atoms with Crippen LogP contribution in [0.3, 0.4) is 0 Å². The normalized spacial score (nSPS) is 22.1. The smallest absolute Gasteiger partial charge is 0.255 e. The molecule has 308 valence electrons. The molecule has 3 aromatic carbocycles. The van der Waals surface area contributed by atoms with Crippen LogP contribution >= 0.6 is 11.6 Å². The summed E-state index contributed by atoms with van der Waals surface area (Å²) in [6.07, 6.45) is 5.36. The number of likely N-dealkylation sites (N-methyl/N-ethyl adjacent to an activating group) is 1. The van der Waals surface area contributed by atoms with Crippen LogP contribution in [0.2, 0.25) is 5.02 Å². The summed E-state index contributed by atoms with van der Waals surface area (Å²) in [5.41, 5.74) is 5.02. The molecule has 0 radical (unpaired) electrons. The first-order valence-electron chi connectivity index (χ1n) is 20.8. The third-order valence-corrected chi connectivity index (χ3v) is 13.7. The first-order chi connectivity index (χ1) is 28.5. The van der Waals surface area contributed by atoms with Crippen molar-refractivity contribution >= 4 is 58.6 Å². The van der Waals surface area contributed by atoms with Gasteiger partial charge in [-0.1, -0.05) is 17.7 Å². The molecule has 0 aliphatic carbocycles. The fourth-order valence-corrected chi connectivity index (χ4v) is 9.96. The van der Waals surface area contributed by atoms with Crippen LogP contribution in [0.15, 0.2) is 60.7 Å². The quantitative estimate of drug-likeness (QED) is 0.239. The number of anilines is 3. The zero-order chi connectivity index (χ0) is 41.3. The Kier molecular flexibility index (Phi) is 11.6. The van der Waals surface area contributed by atoms with Crippen molar-refractivity contribution in [2.45, 2.75) is 44.6 Å². The molecule has 3 aromatic rings. The maximum Gasteiger partial charge on any atom is 0.255 e. The summed E-state index contributed by atoms with van der Waals surface area (Å²) in [5.74, 6) is -0.791. The summed E-state index contributed by atoms with van der Waals surface area (Å²) < 4.78 is 0. The number of nitrogens with one attached hydrogen (secondary N) is 1. The van der Waals surface area contributed by atoms with Gasteiger partial charge in [-0.2, -0.15) is 5.26 Å². The van der Waals surface area contributed by atoms with Gasteiger partial charge in [0.25, 0.3) is 11.8 Å². The Bertz CT molecular complexity index is 2170. The average Bonchev–Trinajstić information content (AvgIpc) is 3.91. The summed E-state index contributed by atoms with van der Waals surface area (Å²) in [6.45, 7) is 9.37. The number of imide groups is 1. The molecule has 13 nitrogen and oxygen atoms in total. The molecule has 59 heavy (non-hydrogen) atoms. The zero-order valence-corrected chi connectivity index (χ0v) is 34.3. The monoisotopic (exact) mass is 818 g/mol. The molecular weight excluding hydrogens is 768 g/mol. The lowest BCUT2D eigenvalue weighted by Crippen LogP contribution is -2.53. The Morgan fingerprint density at radius 2 is 1.59 bits per heavy atom. The lowest BCUT2D eigenvalue weighted by Gasteiger charge is -2.40. The Morgan fingerprint density at radius 1 is 0.881 bits per heavy atom. The van der Waals surface area contributed by atoms with Gasteiger partial charge in [-0.3, -0.25) is 34.2 Å². The van der Waals surface area contributed by atoms with Gasteiger partial charge in [0.15, 0.2) is 6.29 Å². The number of nitrogens with zero attached hydrogens (tertiary/aromatic N) is 7. The first kappa shape index (κ1) is 40.3. The maximum atomic E-state index is 13.8. The van der Waals surface area contributed by atoms with Crippen molar-refractivity contribution in [1.82, 2.24) is 20.0 Å². The minimum Gasteiger partial charge on any atom is -0.371 e. The van der Waals surface area contributed by atoms with Crippen LogP contribution in [-0.4, -0.2) is 130 Å². The summed E-state index contributed by atoms with van der Waals surface area (Å²) in [7, 11) is 1.53. The SMILES string of the molecule is CN(C(=O)c1cc(N2CCC(CN3CCN(C(=O)c4cccc(N5CCC6(CCN(c7ccc(C#N)c(Cl)c7)CC6)C5)c4)CC3)C2)ccc1C=O)C1CCC(=O)NC1=O. The molecule has 8 rings (SSSR count). The van der Waals surface area contributed by atoms with E-state index in [-0.39, 0.29) is 41.2 Å². The molecule has 5 saturated heterocycles. The molecule has 2 unspecified atom stereocenters. The minimum atomic E-state index is -0.775. The van der Waals surface area contributed by atoms with Crippen molar-refractivity contribution in [2.24, 2.45) is 11.3 Å². The Hall–Kier alpha value is -5.45. The predicted octanol–water partition coefficient (Wildman–Crippen LogP) is 4.68. The number of amides is 4. The molecule has 14 heteroatoms. The molecule has 2 atom stereocenters. The Morgan fingerprint density at radius 3 is 2.31 bits per heavy atom. The van der Waals surface area contributed by atoms with Gasteiger partial charge >= 0.3 is 0 Å². The van der Waals surface area contributed by atoms with Crippen molar-refractivity contribution < 1.29 is 24.0 Å². The minimum absolute atomic E-state index is 0.0780. The molecule has 1 N–H and O–H groups in total. The fourth-order valence-electron chi connectivity index (χ4n) is 9.74. The van der Waals surface area contributed by atoms with Gasteiger partial charge in [0.1, 0.15) is 12.1 Å². The van der Waals surface area contributed by atoms with Gasteiger partial charge in [0.2, 0.25) is 11.8 Å². The summed E-state index contributed by atoms with van der Waals surface area (Å²) in [6, 6.07) is 20.5. The summed E-state index contributed by atoms with van der Waals surface area (Å²) >= 11 is 6.33. The van der Waals surface area contributed by atoms with E-state index in [2.05, 4.69) is 43.1 Å². The number of hydrogen-bond acceptors (Lipinski definition) is 10. The molecular formula is C45H51ClN8O5. The van der Waals surface area contributed by atoms with E-state index in [1.165, 1.54) is 11.9 Å². The van der Waals surface area contributed by atoms with Crippen LogP contribution in [0.4, 0.5) is 17.1 Å². The van der Waals surface area contributed by atoms with E-state index in [0.717, 1.165) is 107 Å². The van der Waals surface area contributed by atoms with E-state index < -0.39 is 17.9 Å². The number of hydrogen-bond donors (Lipinski definition) is 1. The zero-order valence-electron chi connectivity index (χ0n) is 33.6. The molecule has 0 aromatic heterocycles. The molecule has 5 aliphatic heterocycles. The second-order valence-corrected chi connectivity index (χ2v) is 17.4.